The molecule has 2 heterocycles. The maximum atomic E-state index is 13.8. The minimum absolute atomic E-state index is 0.326. The first kappa shape index (κ1) is 8.01. The van der Waals surface area contributed by atoms with Crippen molar-refractivity contribution in [3.05, 3.63) is 16.9 Å². The predicted octanol–water partition coefficient (Wildman–Crippen LogP) is 0.841. The van der Waals surface area contributed by atoms with Crippen molar-refractivity contribution in [3.63, 3.8) is 0 Å². The molecule has 0 spiro atoms. The standard InChI is InChI=1S/C7H9ClFN3/c1-12-6(5(8)2-11-12)7(9)3-10-4-7/h2,10H,3-4H2,1H3. The van der Waals surface area contributed by atoms with Crippen molar-refractivity contribution in [1.29, 1.82) is 0 Å². The van der Waals surface area contributed by atoms with E-state index in [9.17, 15) is 4.39 Å². The molecule has 0 aromatic carbocycles. The van der Waals surface area contributed by atoms with Gasteiger partial charge in [0.2, 0.25) is 0 Å². The van der Waals surface area contributed by atoms with Gasteiger partial charge in [-0.15, -0.1) is 0 Å². The monoisotopic (exact) mass is 189 g/mol. The Balaban J connectivity index is 2.44. The van der Waals surface area contributed by atoms with Gasteiger partial charge in [-0.1, -0.05) is 11.6 Å². The molecule has 66 valence electrons. The van der Waals surface area contributed by atoms with Crippen LogP contribution in [-0.4, -0.2) is 22.9 Å². The highest BCUT2D eigenvalue weighted by atomic mass is 35.5. The molecule has 1 aromatic rings. The number of aryl methyl sites for hydroxylation is 1. The molecule has 0 unspecified atom stereocenters. The van der Waals surface area contributed by atoms with E-state index >= 15 is 0 Å². The molecule has 0 saturated carbocycles. The average Bonchev–Trinajstić information content (AvgIpc) is 2.27. The lowest BCUT2D eigenvalue weighted by Crippen LogP contribution is -2.54. The van der Waals surface area contributed by atoms with E-state index in [1.54, 1.807) is 7.05 Å². The number of alkyl halides is 1. The third-order valence-electron chi connectivity index (χ3n) is 2.13. The summed E-state index contributed by atoms with van der Waals surface area (Å²) in [6.45, 7) is 0.651. The number of halogens is 2. The number of nitrogens with zero attached hydrogens (tertiary/aromatic N) is 2. The van der Waals surface area contributed by atoms with Crippen molar-refractivity contribution in [1.82, 2.24) is 15.1 Å². The molecule has 1 aliphatic rings. The molecule has 0 amide bonds. The van der Waals surface area contributed by atoms with Crippen LogP contribution in [-0.2, 0) is 12.7 Å². The Kier molecular flexibility index (Phi) is 1.63. The van der Waals surface area contributed by atoms with E-state index in [-0.39, 0.29) is 0 Å². The summed E-state index contributed by atoms with van der Waals surface area (Å²) in [5.41, 5.74) is -0.842. The maximum Gasteiger partial charge on any atom is 0.178 e. The molecule has 1 aliphatic heterocycles. The van der Waals surface area contributed by atoms with Crippen molar-refractivity contribution < 1.29 is 4.39 Å². The van der Waals surface area contributed by atoms with E-state index in [4.69, 9.17) is 11.6 Å². The van der Waals surface area contributed by atoms with E-state index in [1.807, 2.05) is 0 Å². The smallest absolute Gasteiger partial charge is 0.178 e. The van der Waals surface area contributed by atoms with Gasteiger partial charge in [-0.3, -0.25) is 4.68 Å². The fourth-order valence-corrected chi connectivity index (χ4v) is 1.76. The van der Waals surface area contributed by atoms with Gasteiger partial charge in [0.25, 0.3) is 0 Å². The minimum Gasteiger partial charge on any atom is -0.309 e. The van der Waals surface area contributed by atoms with Gasteiger partial charge in [-0.25, -0.2) is 4.39 Å². The van der Waals surface area contributed by atoms with Crippen LogP contribution >= 0.6 is 11.6 Å². The molecule has 1 aromatic heterocycles. The molecular formula is C7H9ClFN3. The van der Waals surface area contributed by atoms with E-state index < -0.39 is 5.67 Å². The first-order chi connectivity index (χ1) is 5.63. The van der Waals surface area contributed by atoms with Crippen molar-refractivity contribution in [3.8, 4) is 0 Å². The van der Waals surface area contributed by atoms with Crippen molar-refractivity contribution in [2.75, 3.05) is 13.1 Å². The molecule has 1 saturated heterocycles. The van der Waals surface area contributed by atoms with Gasteiger partial charge in [0.1, 0.15) is 0 Å². The van der Waals surface area contributed by atoms with Crippen LogP contribution in [0.2, 0.25) is 5.02 Å². The highest BCUT2D eigenvalue weighted by Crippen LogP contribution is 2.34. The largest absolute Gasteiger partial charge is 0.309 e. The van der Waals surface area contributed by atoms with Crippen molar-refractivity contribution in [2.24, 2.45) is 7.05 Å². The summed E-state index contributed by atoms with van der Waals surface area (Å²) in [6, 6.07) is 0. The number of aromatic nitrogens is 2. The fourth-order valence-electron chi connectivity index (χ4n) is 1.43. The van der Waals surface area contributed by atoms with Crippen molar-refractivity contribution in [2.45, 2.75) is 5.67 Å². The summed E-state index contributed by atoms with van der Waals surface area (Å²) in [5, 5.41) is 7.16. The zero-order valence-electron chi connectivity index (χ0n) is 6.64. The molecule has 1 N–H and O–H groups in total. The lowest BCUT2D eigenvalue weighted by Gasteiger charge is -2.35. The summed E-state index contributed by atoms with van der Waals surface area (Å²) in [5.74, 6) is 0. The van der Waals surface area contributed by atoms with Crippen LogP contribution in [0.3, 0.4) is 0 Å². The summed E-state index contributed by atoms with van der Waals surface area (Å²) in [6.07, 6.45) is 1.47. The van der Waals surface area contributed by atoms with Gasteiger partial charge < -0.3 is 5.32 Å². The Bertz CT molecular complexity index is 286. The second kappa shape index (κ2) is 2.44. The number of hydrogen-bond acceptors (Lipinski definition) is 2. The highest BCUT2D eigenvalue weighted by molar-refractivity contribution is 6.31. The molecular weight excluding hydrogens is 181 g/mol. The Hall–Kier alpha value is -0.610. The molecule has 1 fully saturated rings. The topological polar surface area (TPSA) is 29.9 Å². The summed E-state index contributed by atoms with van der Waals surface area (Å²) < 4.78 is 15.3. The van der Waals surface area contributed by atoms with E-state index in [0.29, 0.717) is 23.8 Å². The second-order valence-electron chi connectivity index (χ2n) is 3.03. The fraction of sp³-hybridized carbons (Fsp3) is 0.571. The van der Waals surface area contributed by atoms with Gasteiger partial charge in [0.15, 0.2) is 5.67 Å². The third-order valence-corrected chi connectivity index (χ3v) is 2.41. The van der Waals surface area contributed by atoms with Crippen LogP contribution in [0.25, 0.3) is 0 Å². The Morgan fingerprint density at radius 3 is 2.75 bits per heavy atom. The minimum atomic E-state index is -1.32. The van der Waals surface area contributed by atoms with Crippen LogP contribution < -0.4 is 5.32 Å². The number of hydrogen-bond donors (Lipinski definition) is 1. The zero-order valence-corrected chi connectivity index (χ0v) is 7.40. The van der Waals surface area contributed by atoms with Gasteiger partial charge >= 0.3 is 0 Å². The molecule has 0 radical (unpaired) electrons. The van der Waals surface area contributed by atoms with Crippen LogP contribution in [0, 0.1) is 0 Å². The lowest BCUT2D eigenvalue weighted by atomic mass is 9.95. The first-order valence-corrected chi connectivity index (χ1v) is 4.09. The maximum absolute atomic E-state index is 13.8. The molecule has 0 aliphatic carbocycles. The van der Waals surface area contributed by atoms with Crippen LogP contribution in [0.15, 0.2) is 6.20 Å². The van der Waals surface area contributed by atoms with Gasteiger partial charge in [0, 0.05) is 20.1 Å². The molecule has 0 bridgehead atoms. The first-order valence-electron chi connectivity index (χ1n) is 3.71. The predicted molar refractivity (Wildman–Crippen MR) is 43.9 cm³/mol. The van der Waals surface area contributed by atoms with Gasteiger partial charge in [-0.2, -0.15) is 5.10 Å². The summed E-state index contributed by atoms with van der Waals surface area (Å²) in [7, 11) is 1.70. The third kappa shape index (κ3) is 0.949. The molecule has 12 heavy (non-hydrogen) atoms. The van der Waals surface area contributed by atoms with E-state index in [1.165, 1.54) is 10.9 Å². The Labute approximate surface area is 74.5 Å². The highest BCUT2D eigenvalue weighted by Gasteiger charge is 2.43. The van der Waals surface area contributed by atoms with Crippen LogP contribution in [0.5, 0.6) is 0 Å². The molecule has 0 atom stereocenters. The second-order valence-corrected chi connectivity index (χ2v) is 3.44. The van der Waals surface area contributed by atoms with Gasteiger partial charge in [0.05, 0.1) is 16.9 Å². The number of nitrogens with one attached hydrogen (secondary N) is 1. The van der Waals surface area contributed by atoms with Crippen LogP contribution in [0.4, 0.5) is 4.39 Å². The number of rotatable bonds is 1. The van der Waals surface area contributed by atoms with Crippen LogP contribution in [0.1, 0.15) is 5.69 Å². The normalized spacial score (nSPS) is 20.6. The zero-order chi connectivity index (χ0) is 8.77. The summed E-state index contributed by atoms with van der Waals surface area (Å²) >= 11 is 5.79. The van der Waals surface area contributed by atoms with E-state index in [2.05, 4.69) is 10.4 Å². The molecule has 5 heteroatoms. The summed E-state index contributed by atoms with van der Waals surface area (Å²) in [4.78, 5) is 0. The Morgan fingerprint density at radius 2 is 2.42 bits per heavy atom. The average molecular weight is 190 g/mol. The van der Waals surface area contributed by atoms with E-state index in [0.717, 1.165) is 0 Å². The SMILES string of the molecule is Cn1ncc(Cl)c1C1(F)CNC1. The Morgan fingerprint density at radius 1 is 1.75 bits per heavy atom. The molecule has 2 rings (SSSR count). The quantitative estimate of drug-likeness (QED) is 0.710. The lowest BCUT2D eigenvalue weighted by molar-refractivity contribution is 0.0795. The molecule has 3 nitrogen and oxygen atoms in total. The van der Waals surface area contributed by atoms with Crippen molar-refractivity contribution >= 4 is 11.6 Å². The van der Waals surface area contributed by atoms with Gasteiger partial charge in [-0.05, 0) is 0 Å².